The maximum atomic E-state index is 12.2. The summed E-state index contributed by atoms with van der Waals surface area (Å²) in [6, 6.07) is 0. The molecule has 90 valence electrons. The van der Waals surface area contributed by atoms with Crippen LogP contribution < -0.4 is 4.74 Å². The van der Waals surface area contributed by atoms with Crippen LogP contribution in [0.2, 0.25) is 0 Å². The Kier molecular flexibility index (Phi) is 3.53. The zero-order chi connectivity index (χ0) is 12.3. The molecule has 0 radical (unpaired) electrons. The predicted octanol–water partition coefficient (Wildman–Crippen LogP) is 1.65. The van der Waals surface area contributed by atoms with Gasteiger partial charge in [-0.1, -0.05) is 0 Å². The fourth-order valence-electron chi connectivity index (χ4n) is 0.999. The third kappa shape index (κ3) is 2.72. The quantitative estimate of drug-likeness (QED) is 0.790. The molecule has 4 nitrogen and oxygen atoms in total. The monoisotopic (exact) mass is 241 g/mol. The van der Waals surface area contributed by atoms with Crippen LogP contribution in [0.1, 0.15) is 11.3 Å². The Morgan fingerprint density at radius 1 is 1.38 bits per heavy atom. The SMILES string of the molecule is OCc1cnc(CF)c(O)c1OC(F)(F)F. The van der Waals surface area contributed by atoms with Crippen LogP contribution in [0.4, 0.5) is 17.6 Å². The largest absolute Gasteiger partial charge is 0.573 e. The highest BCUT2D eigenvalue weighted by atomic mass is 19.4. The highest BCUT2D eigenvalue weighted by molar-refractivity contribution is 5.47. The van der Waals surface area contributed by atoms with Crippen molar-refractivity contribution in [2.75, 3.05) is 0 Å². The average molecular weight is 241 g/mol. The van der Waals surface area contributed by atoms with Gasteiger partial charge in [0.15, 0.2) is 11.5 Å². The number of nitrogens with zero attached hydrogens (tertiary/aromatic N) is 1. The molecular weight excluding hydrogens is 234 g/mol. The van der Waals surface area contributed by atoms with E-state index >= 15 is 0 Å². The Balaban J connectivity index is 3.21. The van der Waals surface area contributed by atoms with Crippen molar-refractivity contribution in [1.82, 2.24) is 4.98 Å². The number of aliphatic hydroxyl groups is 1. The van der Waals surface area contributed by atoms with Crippen molar-refractivity contribution in [3.63, 3.8) is 0 Å². The van der Waals surface area contributed by atoms with Crippen LogP contribution >= 0.6 is 0 Å². The Morgan fingerprint density at radius 3 is 2.44 bits per heavy atom. The van der Waals surface area contributed by atoms with Gasteiger partial charge in [0.2, 0.25) is 0 Å². The molecule has 1 aromatic rings. The lowest BCUT2D eigenvalue weighted by atomic mass is 10.2. The van der Waals surface area contributed by atoms with Crippen molar-refractivity contribution >= 4 is 0 Å². The van der Waals surface area contributed by atoms with E-state index in [1.54, 1.807) is 0 Å². The van der Waals surface area contributed by atoms with E-state index in [0.717, 1.165) is 6.20 Å². The summed E-state index contributed by atoms with van der Waals surface area (Å²) in [5.74, 6) is -2.09. The minimum Gasteiger partial charge on any atom is -0.503 e. The van der Waals surface area contributed by atoms with E-state index in [0.29, 0.717) is 0 Å². The number of rotatable bonds is 3. The van der Waals surface area contributed by atoms with Gasteiger partial charge in [0.05, 0.1) is 6.61 Å². The van der Waals surface area contributed by atoms with Crippen LogP contribution in [0.5, 0.6) is 11.5 Å². The molecule has 0 amide bonds. The van der Waals surface area contributed by atoms with Crippen molar-refractivity contribution in [3.8, 4) is 11.5 Å². The molecule has 0 aromatic carbocycles. The van der Waals surface area contributed by atoms with Crippen molar-refractivity contribution in [2.24, 2.45) is 0 Å². The van der Waals surface area contributed by atoms with Crippen molar-refractivity contribution in [2.45, 2.75) is 19.6 Å². The molecule has 1 heterocycles. The van der Waals surface area contributed by atoms with Gasteiger partial charge in [0, 0.05) is 11.8 Å². The molecule has 1 aromatic heterocycles. The van der Waals surface area contributed by atoms with E-state index in [-0.39, 0.29) is 5.56 Å². The van der Waals surface area contributed by atoms with E-state index in [9.17, 15) is 22.7 Å². The third-order valence-electron chi connectivity index (χ3n) is 1.67. The summed E-state index contributed by atoms with van der Waals surface area (Å²) in [5, 5.41) is 17.9. The van der Waals surface area contributed by atoms with Gasteiger partial charge >= 0.3 is 6.36 Å². The summed E-state index contributed by atoms with van der Waals surface area (Å²) in [6.45, 7) is -2.07. The summed E-state index contributed by atoms with van der Waals surface area (Å²) in [5.41, 5.74) is -0.969. The van der Waals surface area contributed by atoms with Gasteiger partial charge in [0.25, 0.3) is 0 Å². The van der Waals surface area contributed by atoms with E-state index < -0.39 is 36.8 Å². The zero-order valence-corrected chi connectivity index (χ0v) is 7.75. The van der Waals surface area contributed by atoms with Crippen LogP contribution in [0, 0.1) is 0 Å². The number of hydrogen-bond donors (Lipinski definition) is 2. The van der Waals surface area contributed by atoms with Gasteiger partial charge in [-0.25, -0.2) is 4.39 Å². The molecule has 0 unspecified atom stereocenters. The molecule has 0 aliphatic heterocycles. The van der Waals surface area contributed by atoms with E-state index in [1.807, 2.05) is 0 Å². The molecule has 1 rings (SSSR count). The molecule has 0 spiro atoms. The van der Waals surface area contributed by atoms with E-state index in [4.69, 9.17) is 5.11 Å². The lowest BCUT2D eigenvalue weighted by molar-refractivity contribution is -0.275. The third-order valence-corrected chi connectivity index (χ3v) is 1.67. The normalized spacial score (nSPS) is 11.6. The van der Waals surface area contributed by atoms with Crippen LogP contribution in [-0.2, 0) is 13.3 Å². The Hall–Kier alpha value is -1.57. The molecule has 0 aliphatic carbocycles. The average Bonchev–Trinajstić information content (AvgIpc) is 2.19. The van der Waals surface area contributed by atoms with Crippen molar-refractivity contribution in [1.29, 1.82) is 0 Å². The first-order chi connectivity index (χ1) is 7.39. The van der Waals surface area contributed by atoms with Gasteiger partial charge < -0.3 is 14.9 Å². The number of aromatic nitrogens is 1. The number of aliphatic hydroxyl groups excluding tert-OH is 1. The molecule has 8 heteroatoms. The second-order valence-corrected chi connectivity index (χ2v) is 2.75. The number of alkyl halides is 4. The van der Waals surface area contributed by atoms with Crippen LogP contribution in [0.3, 0.4) is 0 Å². The van der Waals surface area contributed by atoms with E-state index in [1.165, 1.54) is 0 Å². The van der Waals surface area contributed by atoms with Gasteiger partial charge in [-0.3, -0.25) is 4.98 Å². The first-order valence-corrected chi connectivity index (χ1v) is 4.01. The maximum absolute atomic E-state index is 12.2. The Labute approximate surface area is 87.1 Å². The molecule has 0 aliphatic rings. The molecular formula is C8H7F4NO3. The van der Waals surface area contributed by atoms with Crippen molar-refractivity contribution < 1.29 is 32.5 Å². The predicted molar refractivity (Wildman–Crippen MR) is 43.3 cm³/mol. The number of halogens is 4. The number of aromatic hydroxyl groups is 1. The minimum atomic E-state index is -5.05. The second-order valence-electron chi connectivity index (χ2n) is 2.75. The Morgan fingerprint density at radius 2 is 2.00 bits per heavy atom. The first-order valence-electron chi connectivity index (χ1n) is 4.01. The summed E-state index contributed by atoms with van der Waals surface area (Å²) in [6.07, 6.45) is -4.24. The standard InChI is InChI=1S/C8H7F4NO3/c9-1-5-6(15)7(16-8(10,11)12)4(3-14)2-13-5/h2,14-15H,1,3H2. The van der Waals surface area contributed by atoms with Crippen LogP contribution in [0.15, 0.2) is 6.20 Å². The Bertz CT molecular complexity index is 380. The molecule has 0 atom stereocenters. The molecule has 0 fully saturated rings. The second kappa shape index (κ2) is 4.52. The van der Waals surface area contributed by atoms with Gasteiger partial charge in [0.1, 0.15) is 12.4 Å². The molecule has 16 heavy (non-hydrogen) atoms. The van der Waals surface area contributed by atoms with Gasteiger partial charge in [-0.05, 0) is 0 Å². The van der Waals surface area contributed by atoms with Crippen LogP contribution in [0.25, 0.3) is 0 Å². The van der Waals surface area contributed by atoms with Crippen LogP contribution in [-0.4, -0.2) is 21.6 Å². The van der Waals surface area contributed by atoms with Crippen molar-refractivity contribution in [3.05, 3.63) is 17.5 Å². The summed E-state index contributed by atoms with van der Waals surface area (Å²) in [7, 11) is 0. The summed E-state index contributed by atoms with van der Waals surface area (Å²) in [4.78, 5) is 3.33. The lowest BCUT2D eigenvalue weighted by Crippen LogP contribution is -2.18. The van der Waals surface area contributed by atoms with Gasteiger partial charge in [-0.2, -0.15) is 0 Å². The number of ether oxygens (including phenoxy) is 1. The van der Waals surface area contributed by atoms with E-state index in [2.05, 4.69) is 9.72 Å². The highest BCUT2D eigenvalue weighted by Crippen LogP contribution is 2.36. The summed E-state index contributed by atoms with van der Waals surface area (Å²) >= 11 is 0. The first kappa shape index (κ1) is 12.5. The number of hydrogen-bond acceptors (Lipinski definition) is 4. The number of pyridine rings is 1. The maximum Gasteiger partial charge on any atom is 0.573 e. The topological polar surface area (TPSA) is 62.6 Å². The highest BCUT2D eigenvalue weighted by Gasteiger charge is 2.34. The molecule has 0 bridgehead atoms. The zero-order valence-electron chi connectivity index (χ0n) is 7.75. The fraction of sp³-hybridized carbons (Fsp3) is 0.375. The molecule has 0 saturated heterocycles. The fourth-order valence-corrected chi connectivity index (χ4v) is 0.999. The molecule has 0 saturated carbocycles. The van der Waals surface area contributed by atoms with Gasteiger partial charge in [-0.15, -0.1) is 13.2 Å². The lowest BCUT2D eigenvalue weighted by Gasteiger charge is -2.14. The molecule has 2 N–H and O–H groups in total. The minimum absolute atomic E-state index is 0.382. The smallest absolute Gasteiger partial charge is 0.503 e. The summed E-state index contributed by atoms with van der Waals surface area (Å²) < 4.78 is 51.5.